The van der Waals surface area contributed by atoms with Crippen LogP contribution in [0.25, 0.3) is 0 Å². The van der Waals surface area contributed by atoms with Crippen LogP contribution in [0, 0.1) is 0 Å². The maximum Gasteiger partial charge on any atom is 0.416 e. The van der Waals surface area contributed by atoms with Crippen LogP contribution in [0.5, 0.6) is 5.75 Å². The highest BCUT2D eigenvalue weighted by atomic mass is 32.2. The summed E-state index contributed by atoms with van der Waals surface area (Å²) in [5.74, 6) is 0.388. The Balaban J connectivity index is 1.57. The Morgan fingerprint density at radius 2 is 1.61 bits per heavy atom. The number of amides is 1. The monoisotopic (exact) mass is 456 g/mol. The fourth-order valence-electron chi connectivity index (χ4n) is 3.31. The molecule has 0 spiro atoms. The second kappa shape index (κ2) is 9.27. The summed E-state index contributed by atoms with van der Waals surface area (Å²) in [6.45, 7) is 2.30. The number of hydrogen-bond donors (Lipinski definition) is 0. The lowest BCUT2D eigenvalue weighted by atomic mass is 10.1. The summed E-state index contributed by atoms with van der Waals surface area (Å²) in [7, 11) is -3.94. The van der Waals surface area contributed by atoms with Crippen LogP contribution in [0.3, 0.4) is 0 Å². The third-order valence-electron chi connectivity index (χ3n) is 5.12. The van der Waals surface area contributed by atoms with Gasteiger partial charge in [-0.1, -0.05) is 25.1 Å². The molecule has 0 aliphatic carbocycles. The Bertz CT molecular complexity index is 1020. The molecule has 1 aliphatic rings. The number of hydrogen-bond acceptors (Lipinski definition) is 4. The fraction of sp³-hybridized carbons (Fsp3) is 0.381. The number of carbonyl (C=O) groups is 1. The van der Waals surface area contributed by atoms with Gasteiger partial charge in [0.1, 0.15) is 5.75 Å². The average Bonchev–Trinajstić information content (AvgIpc) is 2.77. The molecule has 0 unspecified atom stereocenters. The van der Waals surface area contributed by atoms with Crippen LogP contribution >= 0.6 is 0 Å². The van der Waals surface area contributed by atoms with E-state index in [-0.39, 0.29) is 43.6 Å². The van der Waals surface area contributed by atoms with Crippen molar-refractivity contribution in [1.29, 1.82) is 0 Å². The minimum Gasteiger partial charge on any atom is -0.483 e. The summed E-state index contributed by atoms with van der Waals surface area (Å²) in [4.78, 5) is 13.8. The molecule has 1 heterocycles. The first-order chi connectivity index (χ1) is 14.6. The van der Waals surface area contributed by atoms with E-state index in [9.17, 15) is 26.4 Å². The van der Waals surface area contributed by atoms with Crippen LogP contribution in [0.1, 0.15) is 18.1 Å². The van der Waals surface area contributed by atoms with Crippen LogP contribution < -0.4 is 4.74 Å². The van der Waals surface area contributed by atoms with E-state index in [1.807, 2.05) is 25.1 Å². The van der Waals surface area contributed by atoms with Gasteiger partial charge in [-0.15, -0.1) is 0 Å². The molecule has 0 aromatic heterocycles. The zero-order valence-corrected chi connectivity index (χ0v) is 17.7. The van der Waals surface area contributed by atoms with Crippen molar-refractivity contribution in [2.45, 2.75) is 24.4 Å². The standard InChI is InChI=1S/C21H23F3N2O4S/c1-2-16-5-3-4-6-19(16)30-15-20(27)25-11-13-26(14-12-25)31(28,29)18-9-7-17(8-10-18)21(22,23)24/h3-10H,2,11-15H2,1H3. The number of benzene rings is 2. The molecular formula is C21H23F3N2O4S. The first-order valence-corrected chi connectivity index (χ1v) is 11.2. The highest BCUT2D eigenvalue weighted by Crippen LogP contribution is 2.30. The molecule has 0 saturated carbocycles. The highest BCUT2D eigenvalue weighted by Gasteiger charge is 2.33. The minimum atomic E-state index is -4.53. The van der Waals surface area contributed by atoms with E-state index < -0.39 is 21.8 Å². The number of halogens is 3. The molecule has 2 aromatic rings. The molecule has 2 aromatic carbocycles. The van der Waals surface area contributed by atoms with Crippen LogP contribution in [0.15, 0.2) is 53.4 Å². The van der Waals surface area contributed by atoms with Gasteiger partial charge in [-0.25, -0.2) is 8.42 Å². The van der Waals surface area contributed by atoms with Gasteiger partial charge in [0.25, 0.3) is 5.91 Å². The summed E-state index contributed by atoms with van der Waals surface area (Å²) < 4.78 is 70.3. The van der Waals surface area contributed by atoms with Gasteiger partial charge in [0.05, 0.1) is 10.5 Å². The molecule has 6 nitrogen and oxygen atoms in total. The second-order valence-electron chi connectivity index (χ2n) is 7.06. The summed E-state index contributed by atoms with van der Waals surface area (Å²) in [5.41, 5.74) is 0.0780. The first-order valence-electron chi connectivity index (χ1n) is 9.79. The number of alkyl halides is 3. The Kier molecular flexibility index (Phi) is 6.90. The molecule has 1 aliphatic heterocycles. The van der Waals surface area contributed by atoms with Crippen molar-refractivity contribution >= 4 is 15.9 Å². The number of para-hydroxylation sites is 1. The lowest BCUT2D eigenvalue weighted by molar-refractivity contribution is -0.137. The van der Waals surface area contributed by atoms with Crippen LogP contribution in [-0.4, -0.2) is 56.3 Å². The smallest absolute Gasteiger partial charge is 0.416 e. The molecule has 10 heteroatoms. The Hall–Kier alpha value is -2.59. The Morgan fingerprint density at radius 1 is 1.00 bits per heavy atom. The zero-order valence-electron chi connectivity index (χ0n) is 16.9. The van der Waals surface area contributed by atoms with E-state index in [0.29, 0.717) is 5.75 Å². The predicted molar refractivity (Wildman–Crippen MR) is 108 cm³/mol. The average molecular weight is 456 g/mol. The SMILES string of the molecule is CCc1ccccc1OCC(=O)N1CCN(S(=O)(=O)c2ccc(C(F)(F)F)cc2)CC1. The maximum absolute atomic E-state index is 12.7. The number of ether oxygens (including phenoxy) is 1. The molecule has 0 radical (unpaired) electrons. The minimum absolute atomic E-state index is 0.0562. The highest BCUT2D eigenvalue weighted by molar-refractivity contribution is 7.89. The molecule has 0 atom stereocenters. The van der Waals surface area contributed by atoms with Gasteiger partial charge < -0.3 is 9.64 Å². The number of rotatable bonds is 6. The van der Waals surface area contributed by atoms with Crippen molar-refractivity contribution in [2.24, 2.45) is 0 Å². The second-order valence-corrected chi connectivity index (χ2v) is 8.99. The predicted octanol–water partition coefficient (Wildman–Crippen LogP) is 3.18. The molecule has 1 amide bonds. The molecule has 0 N–H and O–H groups in total. The van der Waals surface area contributed by atoms with Crippen molar-refractivity contribution in [1.82, 2.24) is 9.21 Å². The van der Waals surface area contributed by atoms with Crippen molar-refractivity contribution in [3.63, 3.8) is 0 Å². The lowest BCUT2D eigenvalue weighted by Crippen LogP contribution is -2.51. The van der Waals surface area contributed by atoms with E-state index in [0.717, 1.165) is 36.2 Å². The van der Waals surface area contributed by atoms with E-state index in [2.05, 4.69) is 0 Å². The van der Waals surface area contributed by atoms with Crippen molar-refractivity contribution in [2.75, 3.05) is 32.8 Å². The summed E-state index contributed by atoms with van der Waals surface area (Å²) in [6.07, 6.45) is -3.77. The van der Waals surface area contributed by atoms with Crippen molar-refractivity contribution < 1.29 is 31.1 Å². The number of piperazine rings is 1. The van der Waals surface area contributed by atoms with Gasteiger partial charge in [-0.3, -0.25) is 4.79 Å². The molecule has 31 heavy (non-hydrogen) atoms. The zero-order chi connectivity index (χ0) is 22.6. The third-order valence-corrected chi connectivity index (χ3v) is 7.03. The van der Waals surface area contributed by atoms with Crippen LogP contribution in [-0.2, 0) is 27.4 Å². The molecule has 1 saturated heterocycles. The van der Waals surface area contributed by atoms with Gasteiger partial charge in [0, 0.05) is 26.2 Å². The number of nitrogens with zero attached hydrogens (tertiary/aromatic N) is 2. The number of carbonyl (C=O) groups excluding carboxylic acids is 1. The topological polar surface area (TPSA) is 66.9 Å². The summed E-state index contributed by atoms with van der Waals surface area (Å²) in [6, 6.07) is 10.8. The first kappa shape index (κ1) is 23.1. The van der Waals surface area contributed by atoms with E-state index in [1.165, 1.54) is 9.21 Å². The van der Waals surface area contributed by atoms with Crippen LogP contribution in [0.2, 0.25) is 0 Å². The third kappa shape index (κ3) is 5.37. The molecule has 168 valence electrons. The van der Waals surface area contributed by atoms with E-state index >= 15 is 0 Å². The maximum atomic E-state index is 12.7. The van der Waals surface area contributed by atoms with Gasteiger partial charge in [0.2, 0.25) is 10.0 Å². The molecule has 0 bridgehead atoms. The number of aryl methyl sites for hydroxylation is 1. The van der Waals surface area contributed by atoms with Crippen molar-refractivity contribution in [3.8, 4) is 5.75 Å². The summed E-state index contributed by atoms with van der Waals surface area (Å²) in [5, 5.41) is 0. The number of sulfonamides is 1. The van der Waals surface area contributed by atoms with Gasteiger partial charge >= 0.3 is 6.18 Å². The van der Waals surface area contributed by atoms with Gasteiger partial charge in [-0.05, 0) is 42.3 Å². The van der Waals surface area contributed by atoms with Gasteiger partial charge in [-0.2, -0.15) is 17.5 Å². The molecular weight excluding hydrogens is 433 g/mol. The fourth-order valence-corrected chi connectivity index (χ4v) is 4.73. The largest absolute Gasteiger partial charge is 0.483 e. The van der Waals surface area contributed by atoms with E-state index in [1.54, 1.807) is 6.07 Å². The normalized spacial score (nSPS) is 15.7. The lowest BCUT2D eigenvalue weighted by Gasteiger charge is -2.34. The quantitative estimate of drug-likeness (QED) is 0.670. The van der Waals surface area contributed by atoms with E-state index in [4.69, 9.17) is 4.74 Å². The van der Waals surface area contributed by atoms with Crippen molar-refractivity contribution in [3.05, 3.63) is 59.7 Å². The van der Waals surface area contributed by atoms with Crippen LogP contribution in [0.4, 0.5) is 13.2 Å². The Morgan fingerprint density at radius 3 is 2.19 bits per heavy atom. The molecule has 1 fully saturated rings. The summed E-state index contributed by atoms with van der Waals surface area (Å²) >= 11 is 0. The molecule has 3 rings (SSSR count). The van der Waals surface area contributed by atoms with Gasteiger partial charge in [0.15, 0.2) is 6.61 Å². The Labute approximate surface area is 179 Å².